The summed E-state index contributed by atoms with van der Waals surface area (Å²) in [5.41, 5.74) is 6.09. The summed E-state index contributed by atoms with van der Waals surface area (Å²) in [7, 11) is 0. The van der Waals surface area contributed by atoms with E-state index in [4.69, 9.17) is 5.73 Å². The number of imidazole rings is 1. The minimum Gasteiger partial charge on any atom is -0.369 e. The van der Waals surface area contributed by atoms with Gasteiger partial charge < -0.3 is 16.0 Å². The van der Waals surface area contributed by atoms with Crippen molar-refractivity contribution in [3.8, 4) is 0 Å². The van der Waals surface area contributed by atoms with Gasteiger partial charge in [-0.15, -0.1) is 0 Å². The molecule has 0 aliphatic carbocycles. The fourth-order valence-corrected chi connectivity index (χ4v) is 2.80. The van der Waals surface area contributed by atoms with Crippen molar-refractivity contribution in [1.29, 1.82) is 0 Å². The zero-order valence-electron chi connectivity index (χ0n) is 14.2. The standard InChI is InChI=1S/C18H16F4N4O/c1-9(11-5-12(18(20,21)22)8-13(19)6-11)24-17-25-14-4-2-3-10(7-15(23)27)16(14)26-17/h2-6,8-9H,7H2,1H3,(H2,23,27)(H2,24,25,26). The van der Waals surface area contributed by atoms with E-state index in [1.54, 1.807) is 25.1 Å². The van der Waals surface area contributed by atoms with Gasteiger partial charge in [0.05, 0.1) is 29.1 Å². The molecule has 1 amide bonds. The maximum Gasteiger partial charge on any atom is 0.416 e. The van der Waals surface area contributed by atoms with E-state index in [0.717, 1.165) is 12.1 Å². The summed E-state index contributed by atoms with van der Waals surface area (Å²) in [4.78, 5) is 18.5. The van der Waals surface area contributed by atoms with Crippen molar-refractivity contribution in [2.45, 2.75) is 25.6 Å². The fourth-order valence-electron chi connectivity index (χ4n) is 2.80. The van der Waals surface area contributed by atoms with Crippen LogP contribution in [0.15, 0.2) is 36.4 Å². The number of para-hydroxylation sites is 1. The van der Waals surface area contributed by atoms with Crippen LogP contribution in [-0.4, -0.2) is 15.9 Å². The van der Waals surface area contributed by atoms with Crippen molar-refractivity contribution < 1.29 is 22.4 Å². The number of primary amides is 1. The Hall–Kier alpha value is -3.10. The molecule has 4 N–H and O–H groups in total. The lowest BCUT2D eigenvalue weighted by Crippen LogP contribution is -2.13. The number of nitrogens with zero attached hydrogens (tertiary/aromatic N) is 1. The molecular weight excluding hydrogens is 364 g/mol. The Morgan fingerprint density at radius 3 is 2.70 bits per heavy atom. The van der Waals surface area contributed by atoms with Crippen molar-refractivity contribution >= 4 is 22.9 Å². The summed E-state index contributed by atoms with van der Waals surface area (Å²) in [5.74, 6) is -1.19. The third-order valence-corrected chi connectivity index (χ3v) is 4.06. The quantitative estimate of drug-likeness (QED) is 0.587. The second-order valence-electron chi connectivity index (χ2n) is 6.18. The number of benzene rings is 2. The number of aromatic nitrogens is 2. The molecule has 0 aliphatic rings. The molecule has 2 aromatic carbocycles. The van der Waals surface area contributed by atoms with Gasteiger partial charge in [-0.2, -0.15) is 13.2 Å². The van der Waals surface area contributed by atoms with Crippen molar-refractivity contribution in [3.63, 3.8) is 0 Å². The van der Waals surface area contributed by atoms with Crippen LogP contribution < -0.4 is 11.1 Å². The average molecular weight is 380 g/mol. The summed E-state index contributed by atoms with van der Waals surface area (Å²) in [6.07, 6.45) is -4.63. The maximum atomic E-state index is 13.6. The van der Waals surface area contributed by atoms with Gasteiger partial charge in [0.1, 0.15) is 5.82 Å². The number of hydrogen-bond acceptors (Lipinski definition) is 3. The minimum absolute atomic E-state index is 0.00995. The van der Waals surface area contributed by atoms with E-state index < -0.39 is 29.5 Å². The highest BCUT2D eigenvalue weighted by Gasteiger charge is 2.31. The lowest BCUT2D eigenvalue weighted by molar-refractivity contribution is -0.137. The Morgan fingerprint density at radius 2 is 2.04 bits per heavy atom. The molecule has 3 rings (SSSR count). The number of aromatic amines is 1. The van der Waals surface area contributed by atoms with Gasteiger partial charge in [0.25, 0.3) is 0 Å². The van der Waals surface area contributed by atoms with Crippen LogP contribution >= 0.6 is 0 Å². The number of nitrogens with one attached hydrogen (secondary N) is 2. The molecule has 0 aliphatic heterocycles. The molecule has 1 unspecified atom stereocenters. The van der Waals surface area contributed by atoms with Gasteiger partial charge in [-0.1, -0.05) is 12.1 Å². The van der Waals surface area contributed by atoms with Gasteiger partial charge in [-0.3, -0.25) is 4.79 Å². The number of carbonyl (C=O) groups excluding carboxylic acids is 1. The summed E-state index contributed by atoms with van der Waals surface area (Å²) in [6.45, 7) is 1.59. The number of nitrogens with two attached hydrogens (primary N) is 1. The molecule has 27 heavy (non-hydrogen) atoms. The van der Waals surface area contributed by atoms with Crippen LogP contribution in [0, 0.1) is 5.82 Å². The molecular formula is C18H16F4N4O. The Morgan fingerprint density at radius 1 is 1.30 bits per heavy atom. The maximum absolute atomic E-state index is 13.6. The van der Waals surface area contributed by atoms with Crippen LogP contribution in [0.1, 0.15) is 29.7 Å². The molecule has 1 aromatic heterocycles. The molecule has 5 nitrogen and oxygen atoms in total. The number of hydrogen-bond donors (Lipinski definition) is 3. The van der Waals surface area contributed by atoms with Crippen molar-refractivity contribution in [3.05, 3.63) is 58.9 Å². The third kappa shape index (κ3) is 4.18. The predicted octanol–water partition coefficient (Wildman–Crippen LogP) is 3.92. The molecule has 0 radical (unpaired) electrons. The Bertz CT molecular complexity index is 997. The Kier molecular flexibility index (Phi) is 4.77. The lowest BCUT2D eigenvalue weighted by atomic mass is 10.0. The molecule has 0 fully saturated rings. The SMILES string of the molecule is CC(Nc1nc2c(CC(N)=O)cccc2[nH]1)c1cc(F)cc(C(F)(F)F)c1. The molecule has 0 spiro atoms. The number of fused-ring (bicyclic) bond motifs is 1. The molecule has 0 saturated carbocycles. The molecule has 1 atom stereocenters. The first-order chi connectivity index (χ1) is 12.6. The van der Waals surface area contributed by atoms with Crippen LogP contribution in [0.25, 0.3) is 11.0 Å². The first kappa shape index (κ1) is 18.7. The third-order valence-electron chi connectivity index (χ3n) is 4.06. The topological polar surface area (TPSA) is 83.8 Å². The summed E-state index contributed by atoms with van der Waals surface area (Å²) < 4.78 is 52.3. The van der Waals surface area contributed by atoms with Crippen molar-refractivity contribution in [1.82, 2.24) is 9.97 Å². The number of H-pyrrole nitrogens is 1. The van der Waals surface area contributed by atoms with Gasteiger partial charge in [-0.25, -0.2) is 9.37 Å². The monoisotopic (exact) mass is 380 g/mol. The number of rotatable bonds is 5. The number of alkyl halides is 3. The largest absolute Gasteiger partial charge is 0.416 e. The first-order valence-electron chi connectivity index (χ1n) is 8.03. The highest BCUT2D eigenvalue weighted by Crippen LogP contribution is 2.32. The highest BCUT2D eigenvalue weighted by atomic mass is 19.4. The molecule has 142 valence electrons. The normalized spacial score (nSPS) is 12.9. The average Bonchev–Trinajstić information content (AvgIpc) is 2.96. The first-order valence-corrected chi connectivity index (χ1v) is 8.03. The Balaban J connectivity index is 1.89. The van der Waals surface area contributed by atoms with Gasteiger partial charge in [0.2, 0.25) is 11.9 Å². The fraction of sp³-hybridized carbons (Fsp3) is 0.222. The summed E-state index contributed by atoms with van der Waals surface area (Å²) >= 11 is 0. The summed E-state index contributed by atoms with van der Waals surface area (Å²) in [6, 6.07) is 6.91. The van der Waals surface area contributed by atoms with Crippen molar-refractivity contribution in [2.75, 3.05) is 5.32 Å². The minimum atomic E-state index is -4.64. The summed E-state index contributed by atoms with van der Waals surface area (Å²) in [5, 5.41) is 2.92. The Labute approximate surface area is 151 Å². The predicted molar refractivity (Wildman–Crippen MR) is 92.4 cm³/mol. The van der Waals surface area contributed by atoms with E-state index in [0.29, 0.717) is 22.7 Å². The van der Waals surface area contributed by atoms with Gasteiger partial charge >= 0.3 is 6.18 Å². The molecule has 1 heterocycles. The number of carbonyl (C=O) groups is 1. The van der Waals surface area contributed by atoms with Crippen LogP contribution in [0.4, 0.5) is 23.5 Å². The lowest BCUT2D eigenvalue weighted by Gasteiger charge is -2.16. The van der Waals surface area contributed by atoms with Crippen molar-refractivity contribution in [2.24, 2.45) is 5.73 Å². The van der Waals surface area contributed by atoms with Crippen LogP contribution in [-0.2, 0) is 17.4 Å². The van der Waals surface area contributed by atoms with E-state index in [2.05, 4.69) is 15.3 Å². The van der Waals surface area contributed by atoms with Gasteiger partial charge in [0, 0.05) is 0 Å². The highest BCUT2D eigenvalue weighted by molar-refractivity contribution is 5.86. The number of amides is 1. The second kappa shape index (κ2) is 6.90. The van der Waals surface area contributed by atoms with Gasteiger partial charge in [0.15, 0.2) is 0 Å². The molecule has 9 heteroatoms. The van der Waals surface area contributed by atoms with Gasteiger partial charge in [-0.05, 0) is 42.3 Å². The molecule has 3 aromatic rings. The molecule has 0 saturated heterocycles. The van der Waals surface area contributed by atoms with E-state index in [1.807, 2.05) is 0 Å². The van der Waals surface area contributed by atoms with E-state index >= 15 is 0 Å². The number of halogens is 4. The van der Waals surface area contributed by atoms with Crippen LogP contribution in [0.5, 0.6) is 0 Å². The van der Waals surface area contributed by atoms with E-state index in [1.165, 1.54) is 0 Å². The number of anilines is 1. The second-order valence-corrected chi connectivity index (χ2v) is 6.18. The van der Waals surface area contributed by atoms with E-state index in [9.17, 15) is 22.4 Å². The zero-order chi connectivity index (χ0) is 19.8. The van der Waals surface area contributed by atoms with Crippen LogP contribution in [0.2, 0.25) is 0 Å². The zero-order valence-corrected chi connectivity index (χ0v) is 14.2. The smallest absolute Gasteiger partial charge is 0.369 e. The van der Waals surface area contributed by atoms with Crippen LogP contribution in [0.3, 0.4) is 0 Å². The molecule has 0 bridgehead atoms. The van der Waals surface area contributed by atoms with E-state index in [-0.39, 0.29) is 17.9 Å².